The molecule has 4 aromatic carbocycles. The monoisotopic (exact) mass is 344 g/mol. The zero-order chi connectivity index (χ0) is 18.1. The van der Waals surface area contributed by atoms with Gasteiger partial charge in [0.2, 0.25) is 0 Å². The molecular weight excluding hydrogens is 324 g/mol. The molecule has 128 valence electrons. The van der Waals surface area contributed by atoms with Crippen molar-refractivity contribution in [1.82, 2.24) is 0 Å². The normalized spacial score (nSPS) is 13.5. The van der Waals surface area contributed by atoms with Crippen molar-refractivity contribution in [3.63, 3.8) is 0 Å². The summed E-state index contributed by atoms with van der Waals surface area (Å²) in [6.07, 6.45) is 5.62. The summed E-state index contributed by atoms with van der Waals surface area (Å²) in [5, 5.41) is 2.61. The van der Waals surface area contributed by atoms with E-state index in [1.165, 1.54) is 43.8 Å². The van der Waals surface area contributed by atoms with Crippen LogP contribution in [0.1, 0.15) is 22.3 Å². The molecule has 27 heavy (non-hydrogen) atoms. The summed E-state index contributed by atoms with van der Waals surface area (Å²) in [5.41, 5.74) is 8.08. The Hall–Kier alpha value is -3.38. The first kappa shape index (κ1) is 15.8. The first-order valence-electron chi connectivity index (χ1n) is 9.42. The summed E-state index contributed by atoms with van der Waals surface area (Å²) in [6.45, 7) is 0. The minimum absolute atomic E-state index is 1.00. The predicted molar refractivity (Wildman–Crippen MR) is 114 cm³/mol. The minimum Gasteiger partial charge on any atom is -0.0622 e. The molecule has 0 saturated heterocycles. The van der Waals surface area contributed by atoms with Gasteiger partial charge in [0.1, 0.15) is 0 Å². The third-order valence-electron chi connectivity index (χ3n) is 5.30. The summed E-state index contributed by atoms with van der Waals surface area (Å²) in [5.74, 6) is 0. The maximum absolute atomic E-state index is 2.33. The van der Waals surface area contributed by atoms with E-state index in [-0.39, 0.29) is 0 Å². The van der Waals surface area contributed by atoms with Crippen molar-refractivity contribution in [3.8, 4) is 11.1 Å². The second-order valence-electron chi connectivity index (χ2n) is 7.04. The summed E-state index contributed by atoms with van der Waals surface area (Å²) >= 11 is 0. The van der Waals surface area contributed by atoms with Gasteiger partial charge in [-0.25, -0.2) is 0 Å². The standard InChI is InChI=1S/C27H20/c1-3-9-20(10-4-1)17-23-15-16-25-24-14-8-7-13-22(24)19-27(25)26(23)18-21-11-5-2-6-12-21/h1-18H,19H2. The third-order valence-corrected chi connectivity index (χ3v) is 5.30. The molecule has 0 atom stereocenters. The van der Waals surface area contributed by atoms with Crippen LogP contribution in [-0.4, -0.2) is 0 Å². The van der Waals surface area contributed by atoms with Crippen LogP contribution in [0.5, 0.6) is 0 Å². The van der Waals surface area contributed by atoms with Crippen LogP contribution >= 0.6 is 0 Å². The van der Waals surface area contributed by atoms with E-state index in [1.54, 1.807) is 0 Å². The van der Waals surface area contributed by atoms with Crippen LogP contribution < -0.4 is 10.4 Å². The van der Waals surface area contributed by atoms with Crippen LogP contribution in [0, 0.1) is 0 Å². The molecule has 0 fully saturated rings. The molecule has 1 aliphatic rings. The summed E-state index contributed by atoms with van der Waals surface area (Å²) < 4.78 is 0. The Morgan fingerprint density at radius 1 is 0.519 bits per heavy atom. The Labute approximate surface area is 159 Å². The quantitative estimate of drug-likeness (QED) is 0.427. The molecule has 0 heterocycles. The third kappa shape index (κ3) is 3.00. The van der Waals surface area contributed by atoms with Crippen LogP contribution in [0.15, 0.2) is 97.1 Å². The van der Waals surface area contributed by atoms with Gasteiger partial charge in [-0.15, -0.1) is 0 Å². The van der Waals surface area contributed by atoms with Crippen LogP contribution in [-0.2, 0) is 6.42 Å². The van der Waals surface area contributed by atoms with E-state index in [2.05, 4.69) is 109 Å². The lowest BCUT2D eigenvalue weighted by Gasteiger charge is -2.04. The van der Waals surface area contributed by atoms with Gasteiger partial charge in [0.15, 0.2) is 0 Å². The predicted octanol–water partition coefficient (Wildman–Crippen LogP) is 4.92. The second-order valence-corrected chi connectivity index (χ2v) is 7.04. The zero-order valence-corrected chi connectivity index (χ0v) is 15.1. The van der Waals surface area contributed by atoms with Gasteiger partial charge in [-0.2, -0.15) is 0 Å². The number of hydrogen-bond acceptors (Lipinski definition) is 0. The lowest BCUT2D eigenvalue weighted by atomic mass is 10.00. The first-order chi connectivity index (χ1) is 13.4. The molecule has 0 bridgehead atoms. The van der Waals surface area contributed by atoms with Gasteiger partial charge < -0.3 is 0 Å². The lowest BCUT2D eigenvalue weighted by Crippen LogP contribution is -2.28. The van der Waals surface area contributed by atoms with Crippen molar-refractivity contribution >= 4 is 12.2 Å². The Balaban J connectivity index is 1.80. The van der Waals surface area contributed by atoms with Crippen molar-refractivity contribution < 1.29 is 0 Å². The minimum atomic E-state index is 1.00. The molecular formula is C27H20. The summed E-state index contributed by atoms with van der Waals surface area (Å²) in [6, 6.07) is 34.5. The van der Waals surface area contributed by atoms with Gasteiger partial charge in [-0.05, 0) is 62.4 Å². The van der Waals surface area contributed by atoms with Crippen molar-refractivity contribution in [2.45, 2.75) is 6.42 Å². The molecule has 0 unspecified atom stereocenters. The zero-order valence-electron chi connectivity index (χ0n) is 15.1. The van der Waals surface area contributed by atoms with Gasteiger partial charge in [-0.3, -0.25) is 0 Å². The molecule has 1 aliphatic carbocycles. The average molecular weight is 344 g/mol. The van der Waals surface area contributed by atoms with Crippen LogP contribution in [0.4, 0.5) is 0 Å². The molecule has 0 radical (unpaired) electrons. The molecule has 5 rings (SSSR count). The smallest absolute Gasteiger partial charge is 0.000728 e. The molecule has 0 saturated carbocycles. The molecule has 0 spiro atoms. The summed E-state index contributed by atoms with van der Waals surface area (Å²) in [4.78, 5) is 0. The highest BCUT2D eigenvalue weighted by molar-refractivity contribution is 5.78. The highest BCUT2D eigenvalue weighted by Gasteiger charge is 2.18. The number of hydrogen-bond donors (Lipinski definition) is 0. The van der Waals surface area contributed by atoms with E-state index in [1.807, 2.05) is 0 Å². The number of benzene rings is 4. The van der Waals surface area contributed by atoms with Crippen molar-refractivity contribution in [2.75, 3.05) is 0 Å². The van der Waals surface area contributed by atoms with Crippen LogP contribution in [0.3, 0.4) is 0 Å². The molecule has 0 amide bonds. The maximum Gasteiger partial charge on any atom is -0.000728 e. The molecule has 0 N–H and O–H groups in total. The first-order valence-corrected chi connectivity index (χ1v) is 9.42. The van der Waals surface area contributed by atoms with Crippen molar-refractivity contribution in [2.24, 2.45) is 0 Å². The molecule has 0 aromatic heterocycles. The highest BCUT2D eigenvalue weighted by atomic mass is 14.2. The van der Waals surface area contributed by atoms with E-state index in [9.17, 15) is 0 Å². The van der Waals surface area contributed by atoms with Gasteiger partial charge in [0.05, 0.1) is 0 Å². The fourth-order valence-corrected chi connectivity index (χ4v) is 3.99. The average Bonchev–Trinajstić information content (AvgIpc) is 3.10. The number of rotatable bonds is 2. The molecule has 4 aromatic rings. The fourth-order valence-electron chi connectivity index (χ4n) is 3.99. The molecule has 0 nitrogen and oxygen atoms in total. The van der Waals surface area contributed by atoms with E-state index in [0.717, 1.165) is 6.42 Å². The van der Waals surface area contributed by atoms with E-state index in [4.69, 9.17) is 0 Å². The van der Waals surface area contributed by atoms with Crippen molar-refractivity contribution in [1.29, 1.82) is 0 Å². The molecule has 0 heteroatoms. The van der Waals surface area contributed by atoms with Crippen LogP contribution in [0.2, 0.25) is 0 Å². The van der Waals surface area contributed by atoms with E-state index >= 15 is 0 Å². The number of fused-ring (bicyclic) bond motifs is 3. The van der Waals surface area contributed by atoms with Gasteiger partial charge >= 0.3 is 0 Å². The van der Waals surface area contributed by atoms with E-state index < -0.39 is 0 Å². The second kappa shape index (κ2) is 6.74. The SMILES string of the molecule is C(c1ccccc1)=c1ccc2c(c1=Cc1ccccc1)Cc1ccccc1-2. The molecule has 0 aliphatic heterocycles. The maximum atomic E-state index is 2.33. The topological polar surface area (TPSA) is 0 Å². The Morgan fingerprint density at radius 3 is 1.89 bits per heavy atom. The lowest BCUT2D eigenvalue weighted by molar-refractivity contribution is 1.23. The van der Waals surface area contributed by atoms with Gasteiger partial charge in [0, 0.05) is 0 Å². The van der Waals surface area contributed by atoms with E-state index in [0.29, 0.717) is 0 Å². The fraction of sp³-hybridized carbons (Fsp3) is 0.0370. The Bertz CT molecular complexity index is 1220. The van der Waals surface area contributed by atoms with Gasteiger partial charge in [-0.1, -0.05) is 97.1 Å². The highest BCUT2D eigenvalue weighted by Crippen LogP contribution is 2.33. The van der Waals surface area contributed by atoms with Gasteiger partial charge in [0.25, 0.3) is 0 Å². The Kier molecular flexibility index (Phi) is 3.95. The van der Waals surface area contributed by atoms with Crippen LogP contribution in [0.25, 0.3) is 23.3 Å². The Morgan fingerprint density at radius 2 is 1.15 bits per heavy atom. The van der Waals surface area contributed by atoms with Crippen molar-refractivity contribution in [3.05, 3.63) is 130 Å². The largest absolute Gasteiger partial charge is 0.0622 e. The summed E-state index contributed by atoms with van der Waals surface area (Å²) in [7, 11) is 0.